The first-order valence-corrected chi connectivity index (χ1v) is 0. The fourth-order valence-corrected chi connectivity index (χ4v) is 0. The Bertz CT molecular complexity index is 9.61. The predicted molar refractivity (Wildman–Crippen MR) is 33.3 cm³/mol. The molecule has 0 saturated heterocycles. The van der Waals surface area contributed by atoms with Gasteiger partial charge in [0.2, 0.25) is 0 Å². The van der Waals surface area contributed by atoms with Crippen LogP contribution >= 0.6 is 9.90 Å². The first-order valence-electron chi connectivity index (χ1n) is 0. The van der Waals surface area contributed by atoms with E-state index in [1.165, 1.54) is 0 Å². The first-order chi connectivity index (χ1) is 0. The molecule has 7 N–H and O–H groups in total. The number of rotatable bonds is 0. The molecule has 0 aliphatic heterocycles. The minimum Gasteiger partial charge on any atom is -0.412 e. The molecule has 0 aromatic carbocycles. The van der Waals surface area contributed by atoms with E-state index in [0.29, 0.717) is 0 Å². The number of hydrogen-bond donors (Lipinski definition) is 1. The van der Waals surface area contributed by atoms with E-state index >= 15 is 0 Å². The molecule has 0 aliphatic rings. The summed E-state index contributed by atoms with van der Waals surface area (Å²) < 4.78 is 0. The summed E-state index contributed by atoms with van der Waals surface area (Å²) in [5.41, 5.74) is 0. The van der Waals surface area contributed by atoms with E-state index in [1.807, 2.05) is 0 Å². The van der Waals surface area contributed by atoms with E-state index in [2.05, 4.69) is 0 Å². The van der Waals surface area contributed by atoms with Crippen molar-refractivity contribution in [2.75, 3.05) is 0 Å². The lowest BCUT2D eigenvalue weighted by Gasteiger charge is -0.413. The third-order valence-corrected chi connectivity index (χ3v) is 0. The Labute approximate surface area is 36.5 Å². The van der Waals surface area contributed by atoms with Crippen LogP contribution in [0.15, 0.2) is 0 Å². The lowest BCUT2D eigenvalue weighted by molar-refractivity contribution is 0.823. The van der Waals surface area contributed by atoms with Gasteiger partial charge < -0.3 is 17.1 Å². The molecule has 5 heteroatoms. The SMILES string of the molecule is B.N.O.O.P. The zero-order valence-electron chi connectivity index (χ0n) is 2.41. The van der Waals surface area contributed by atoms with Crippen molar-refractivity contribution >= 4 is 18.3 Å². The van der Waals surface area contributed by atoms with Crippen LogP contribution in [-0.2, 0) is 0 Å². The maximum atomic E-state index is 0. The van der Waals surface area contributed by atoms with E-state index in [-0.39, 0.29) is 35.4 Å². The molecule has 0 aromatic rings. The maximum Gasteiger partial charge on any atom is 0.0814 e. The molecule has 1 unspecified atom stereocenters. The Kier molecular flexibility index (Phi) is 51900. The smallest absolute Gasteiger partial charge is 0.0814 e. The van der Waals surface area contributed by atoms with Gasteiger partial charge in [-0.15, -0.1) is 0 Å². The molecule has 0 spiro atoms. The molecular formula is H13BNO2P. The van der Waals surface area contributed by atoms with E-state index in [9.17, 15) is 0 Å². The van der Waals surface area contributed by atoms with Crippen LogP contribution in [0.5, 0.6) is 0 Å². The van der Waals surface area contributed by atoms with Gasteiger partial charge in [-0.05, 0) is 0 Å². The summed E-state index contributed by atoms with van der Waals surface area (Å²) in [5.74, 6) is 0. The lowest BCUT2D eigenvalue weighted by Crippen LogP contribution is -0.481. The van der Waals surface area contributed by atoms with Gasteiger partial charge in [0.25, 0.3) is 0 Å². The highest BCUT2D eigenvalue weighted by Gasteiger charge is 0.0814. The van der Waals surface area contributed by atoms with E-state index in [4.69, 9.17) is 0 Å². The van der Waals surface area contributed by atoms with Gasteiger partial charge in [0.1, 0.15) is 0 Å². The van der Waals surface area contributed by atoms with Crippen LogP contribution in [0.1, 0.15) is 0 Å². The van der Waals surface area contributed by atoms with Crippen molar-refractivity contribution in [3.63, 3.8) is 0 Å². The molecular weight excluding hydrogens is 87.8 g/mol. The molecule has 0 bridgehead atoms. The molecule has 5 heavy (non-hydrogen) atoms. The molecule has 0 rings (SSSR count). The standard InChI is InChI=1S/BH3.H3N.2H2O.H3P/h2*1H3;2*1H2;1H3. The van der Waals surface area contributed by atoms with Crippen LogP contribution in [0.2, 0.25) is 0 Å². The molecule has 0 saturated carbocycles. The van der Waals surface area contributed by atoms with Gasteiger partial charge in [0, 0.05) is 0 Å². The van der Waals surface area contributed by atoms with Gasteiger partial charge in [-0.25, -0.2) is 0 Å². The third kappa shape index (κ3) is 176. The van der Waals surface area contributed by atoms with E-state index < -0.39 is 0 Å². The Morgan fingerprint density at radius 2 is 0.800 bits per heavy atom. The van der Waals surface area contributed by atoms with Gasteiger partial charge in [-0.1, -0.05) is 0 Å². The van der Waals surface area contributed by atoms with Crippen LogP contribution in [0.25, 0.3) is 0 Å². The fraction of sp³-hybridized carbons (Fsp3) is 0. The summed E-state index contributed by atoms with van der Waals surface area (Å²) in [6, 6.07) is 0. The average molecular weight is 101 g/mol. The molecule has 0 aliphatic carbocycles. The fourth-order valence-electron chi connectivity index (χ4n) is 0. The lowest BCUT2D eigenvalue weighted by atomic mass is 10.8. The summed E-state index contributed by atoms with van der Waals surface area (Å²) in [7, 11) is 0. The Morgan fingerprint density at radius 1 is 0.800 bits per heavy atom. The second-order valence-electron chi connectivity index (χ2n) is 0. The molecule has 1 atom stereocenters. The van der Waals surface area contributed by atoms with Crippen molar-refractivity contribution in [2.24, 2.45) is 0 Å². The summed E-state index contributed by atoms with van der Waals surface area (Å²) in [6.07, 6.45) is 0. The summed E-state index contributed by atoms with van der Waals surface area (Å²) >= 11 is 0. The van der Waals surface area contributed by atoms with Crippen molar-refractivity contribution < 1.29 is 11.0 Å². The maximum absolute atomic E-state index is 0. The van der Waals surface area contributed by atoms with E-state index in [0.717, 1.165) is 0 Å². The molecule has 0 aromatic heterocycles. The average Bonchev–Trinajstić information content (AvgIpc) is 0. The highest BCUT2D eigenvalue weighted by atomic mass is 31.0. The van der Waals surface area contributed by atoms with Crippen LogP contribution in [0.3, 0.4) is 0 Å². The second kappa shape index (κ2) is 354. The van der Waals surface area contributed by atoms with Crippen LogP contribution in [0.4, 0.5) is 0 Å². The van der Waals surface area contributed by atoms with Gasteiger partial charge >= 0.3 is 0 Å². The Hall–Kier alpha value is 0.375. The van der Waals surface area contributed by atoms with Crippen molar-refractivity contribution in [1.82, 2.24) is 6.15 Å². The summed E-state index contributed by atoms with van der Waals surface area (Å²) in [5, 5.41) is 0. The highest BCUT2D eigenvalue weighted by molar-refractivity contribution is 6.92. The largest absolute Gasteiger partial charge is 0.412 e. The normalized spacial score (nSPS) is 0. The zero-order chi connectivity index (χ0) is 0. The van der Waals surface area contributed by atoms with E-state index in [1.54, 1.807) is 0 Å². The van der Waals surface area contributed by atoms with Gasteiger partial charge in [-0.3, -0.25) is 0 Å². The van der Waals surface area contributed by atoms with Crippen molar-refractivity contribution in [3.8, 4) is 0 Å². The monoisotopic (exact) mass is 101 g/mol. The predicted octanol–water partition coefficient (Wildman–Crippen LogP) is -2.61. The molecule has 3 nitrogen and oxygen atoms in total. The van der Waals surface area contributed by atoms with Gasteiger partial charge in [-0.2, -0.15) is 9.90 Å². The minimum absolute atomic E-state index is 0. The number of hydrogen-bond acceptors (Lipinski definition) is 1. The second-order valence-corrected chi connectivity index (χ2v) is 0. The molecule has 0 heterocycles. The molecule has 0 amide bonds. The third-order valence-electron chi connectivity index (χ3n) is 0. The van der Waals surface area contributed by atoms with Gasteiger partial charge in [0.15, 0.2) is 0 Å². The van der Waals surface area contributed by atoms with Crippen molar-refractivity contribution in [1.29, 1.82) is 0 Å². The Balaban J connectivity index is 0. The molecule has 0 radical (unpaired) electrons. The van der Waals surface area contributed by atoms with Crippen LogP contribution < -0.4 is 6.15 Å². The highest BCUT2D eigenvalue weighted by Crippen LogP contribution is 0.861. The summed E-state index contributed by atoms with van der Waals surface area (Å²) in [4.78, 5) is 0. The Morgan fingerprint density at radius 3 is 0.800 bits per heavy atom. The molecule has 0 fully saturated rings. The van der Waals surface area contributed by atoms with Crippen LogP contribution in [0, 0.1) is 0 Å². The first kappa shape index (κ1) is 732. The molecule has 38 valence electrons. The van der Waals surface area contributed by atoms with Gasteiger partial charge in [0.05, 0.1) is 8.41 Å². The zero-order valence-corrected chi connectivity index (χ0v) is 3.83. The topological polar surface area (TPSA) is 98.0 Å². The van der Waals surface area contributed by atoms with Crippen LogP contribution in [-0.4, -0.2) is 19.4 Å². The minimum atomic E-state index is 0. The van der Waals surface area contributed by atoms with Crippen molar-refractivity contribution in [3.05, 3.63) is 0 Å². The summed E-state index contributed by atoms with van der Waals surface area (Å²) in [6.45, 7) is 0. The quantitative estimate of drug-likeness (QED) is 0.262. The van der Waals surface area contributed by atoms with Crippen molar-refractivity contribution in [2.45, 2.75) is 0 Å².